The Kier molecular flexibility index (Phi) is 3.22. The maximum absolute atomic E-state index is 11.8. The quantitative estimate of drug-likeness (QED) is 0.844. The highest BCUT2D eigenvalue weighted by Crippen LogP contribution is 2.27. The molecule has 1 N–H and O–H groups in total. The van der Waals surface area contributed by atoms with Gasteiger partial charge in [0.2, 0.25) is 17.7 Å². The summed E-state index contributed by atoms with van der Waals surface area (Å²) < 4.78 is 5.33. The van der Waals surface area contributed by atoms with E-state index in [-0.39, 0.29) is 17.9 Å². The molecule has 2 rings (SSSR count). The van der Waals surface area contributed by atoms with E-state index in [1.807, 2.05) is 6.92 Å². The molecule has 1 heterocycles. The number of carbonyl (C=O) groups excluding carboxylic acids is 1. The average Bonchev–Trinajstić information content (AvgIpc) is 2.58. The lowest BCUT2D eigenvalue weighted by Crippen LogP contribution is -2.36. The summed E-state index contributed by atoms with van der Waals surface area (Å²) in [7, 11) is 0. The van der Waals surface area contributed by atoms with Crippen molar-refractivity contribution in [1.29, 1.82) is 0 Å². The van der Waals surface area contributed by atoms with Crippen LogP contribution in [-0.2, 0) is 4.79 Å². The van der Waals surface area contributed by atoms with E-state index in [4.69, 9.17) is 4.42 Å². The Morgan fingerprint density at radius 2 is 2.31 bits per heavy atom. The van der Waals surface area contributed by atoms with Crippen LogP contribution in [-0.4, -0.2) is 16.1 Å². The van der Waals surface area contributed by atoms with E-state index in [0.29, 0.717) is 11.8 Å². The Morgan fingerprint density at radius 3 is 2.75 bits per heavy atom. The van der Waals surface area contributed by atoms with Crippen LogP contribution < -0.4 is 5.32 Å². The second kappa shape index (κ2) is 4.63. The van der Waals surface area contributed by atoms with Crippen LogP contribution in [0.5, 0.6) is 0 Å². The van der Waals surface area contributed by atoms with Gasteiger partial charge in [-0.2, -0.15) is 0 Å². The van der Waals surface area contributed by atoms with E-state index in [1.54, 1.807) is 6.92 Å². The smallest absolute Gasteiger partial charge is 0.238 e. The van der Waals surface area contributed by atoms with Gasteiger partial charge in [0.15, 0.2) is 0 Å². The number of nitrogens with zero attached hydrogens (tertiary/aromatic N) is 2. The van der Waals surface area contributed by atoms with Gasteiger partial charge < -0.3 is 9.73 Å². The maximum atomic E-state index is 11.8. The van der Waals surface area contributed by atoms with Crippen LogP contribution in [0.3, 0.4) is 0 Å². The van der Waals surface area contributed by atoms with Crippen LogP contribution >= 0.6 is 0 Å². The third kappa shape index (κ3) is 2.23. The molecule has 88 valence electrons. The van der Waals surface area contributed by atoms with Crippen molar-refractivity contribution in [1.82, 2.24) is 15.5 Å². The first-order chi connectivity index (χ1) is 7.70. The number of aryl methyl sites for hydroxylation is 1. The fourth-order valence-corrected chi connectivity index (χ4v) is 1.75. The second-order valence-corrected chi connectivity index (χ2v) is 4.26. The van der Waals surface area contributed by atoms with Gasteiger partial charge in [-0.1, -0.05) is 13.3 Å². The summed E-state index contributed by atoms with van der Waals surface area (Å²) in [5.41, 5.74) is 0. The Labute approximate surface area is 94.6 Å². The molecule has 1 aliphatic carbocycles. The summed E-state index contributed by atoms with van der Waals surface area (Å²) in [6, 6.07) is -0.144. The molecule has 1 aromatic rings. The third-order valence-electron chi connectivity index (χ3n) is 3.04. The van der Waals surface area contributed by atoms with E-state index in [0.717, 1.165) is 25.7 Å². The van der Waals surface area contributed by atoms with Crippen molar-refractivity contribution in [3.63, 3.8) is 0 Å². The molecule has 1 unspecified atom stereocenters. The Hall–Kier alpha value is -1.39. The first kappa shape index (κ1) is 11.1. The summed E-state index contributed by atoms with van der Waals surface area (Å²) >= 11 is 0. The highest BCUT2D eigenvalue weighted by molar-refractivity contribution is 5.79. The molecule has 1 atom stereocenters. The minimum Gasteiger partial charge on any atom is -0.423 e. The van der Waals surface area contributed by atoms with Crippen molar-refractivity contribution in [2.75, 3.05) is 0 Å². The molecule has 16 heavy (non-hydrogen) atoms. The molecule has 1 aromatic heterocycles. The van der Waals surface area contributed by atoms with Gasteiger partial charge in [0.1, 0.15) is 6.04 Å². The number of nitrogens with one attached hydrogen (secondary N) is 1. The lowest BCUT2D eigenvalue weighted by Gasteiger charge is -2.25. The van der Waals surface area contributed by atoms with Crippen LogP contribution in [0.15, 0.2) is 4.42 Å². The third-order valence-corrected chi connectivity index (χ3v) is 3.04. The molecule has 0 spiro atoms. The number of rotatable bonds is 4. The van der Waals surface area contributed by atoms with Gasteiger partial charge in [0.05, 0.1) is 0 Å². The number of hydrogen-bond acceptors (Lipinski definition) is 4. The summed E-state index contributed by atoms with van der Waals surface area (Å²) in [5, 5.41) is 10.7. The molecule has 0 bridgehead atoms. The predicted molar refractivity (Wildman–Crippen MR) is 57.6 cm³/mol. The summed E-state index contributed by atoms with van der Waals surface area (Å²) in [4.78, 5) is 11.8. The van der Waals surface area contributed by atoms with E-state index in [2.05, 4.69) is 15.5 Å². The maximum Gasteiger partial charge on any atom is 0.238 e. The Balaban J connectivity index is 1.97. The van der Waals surface area contributed by atoms with Crippen LogP contribution in [0.25, 0.3) is 0 Å². The molecule has 1 aliphatic rings. The fraction of sp³-hybridized carbons (Fsp3) is 0.727. The van der Waals surface area contributed by atoms with E-state index in [1.165, 1.54) is 0 Å². The zero-order chi connectivity index (χ0) is 11.5. The lowest BCUT2D eigenvalue weighted by molar-refractivity contribution is -0.128. The number of amides is 1. The van der Waals surface area contributed by atoms with Crippen molar-refractivity contribution >= 4 is 5.91 Å². The minimum atomic E-state index is -0.144. The van der Waals surface area contributed by atoms with Crippen LogP contribution in [0.1, 0.15) is 50.4 Å². The zero-order valence-corrected chi connectivity index (χ0v) is 9.69. The molecule has 0 aliphatic heterocycles. The SMILES string of the molecule is CCC(NC(=O)C1CCC1)c1nnc(C)o1. The van der Waals surface area contributed by atoms with E-state index < -0.39 is 0 Å². The first-order valence-corrected chi connectivity index (χ1v) is 5.81. The van der Waals surface area contributed by atoms with Gasteiger partial charge in [-0.05, 0) is 19.3 Å². The molecule has 0 saturated heterocycles. The van der Waals surface area contributed by atoms with E-state index >= 15 is 0 Å². The molecular formula is C11H17N3O2. The van der Waals surface area contributed by atoms with Crippen molar-refractivity contribution in [2.24, 2.45) is 5.92 Å². The average molecular weight is 223 g/mol. The van der Waals surface area contributed by atoms with Crippen LogP contribution in [0, 0.1) is 12.8 Å². The van der Waals surface area contributed by atoms with Crippen molar-refractivity contribution in [3.05, 3.63) is 11.8 Å². The largest absolute Gasteiger partial charge is 0.423 e. The predicted octanol–water partition coefficient (Wildman–Crippen LogP) is 1.75. The molecule has 0 aromatic carbocycles. The van der Waals surface area contributed by atoms with Gasteiger partial charge in [-0.25, -0.2) is 0 Å². The normalized spacial score (nSPS) is 17.9. The standard InChI is InChI=1S/C11H17N3O2/c1-3-9(11-14-13-7(2)16-11)12-10(15)8-5-4-6-8/h8-9H,3-6H2,1-2H3,(H,12,15). The Morgan fingerprint density at radius 1 is 1.56 bits per heavy atom. The molecule has 1 fully saturated rings. The first-order valence-electron chi connectivity index (χ1n) is 5.81. The summed E-state index contributed by atoms with van der Waals surface area (Å²) in [6.07, 6.45) is 3.94. The monoisotopic (exact) mass is 223 g/mol. The van der Waals surface area contributed by atoms with Crippen LogP contribution in [0.4, 0.5) is 0 Å². The van der Waals surface area contributed by atoms with Crippen molar-refractivity contribution in [2.45, 2.75) is 45.6 Å². The molecule has 5 heteroatoms. The second-order valence-electron chi connectivity index (χ2n) is 4.26. The van der Waals surface area contributed by atoms with Gasteiger partial charge in [-0.3, -0.25) is 4.79 Å². The van der Waals surface area contributed by atoms with Gasteiger partial charge >= 0.3 is 0 Å². The van der Waals surface area contributed by atoms with Crippen molar-refractivity contribution in [3.8, 4) is 0 Å². The topological polar surface area (TPSA) is 68.0 Å². The van der Waals surface area contributed by atoms with Gasteiger partial charge in [0, 0.05) is 12.8 Å². The molecule has 1 saturated carbocycles. The van der Waals surface area contributed by atoms with Crippen molar-refractivity contribution < 1.29 is 9.21 Å². The van der Waals surface area contributed by atoms with Gasteiger partial charge in [0.25, 0.3) is 0 Å². The molecule has 5 nitrogen and oxygen atoms in total. The zero-order valence-electron chi connectivity index (χ0n) is 9.69. The molecule has 1 amide bonds. The highest BCUT2D eigenvalue weighted by atomic mass is 16.4. The number of aromatic nitrogens is 2. The fourth-order valence-electron chi connectivity index (χ4n) is 1.75. The van der Waals surface area contributed by atoms with E-state index in [9.17, 15) is 4.79 Å². The Bertz CT molecular complexity index is 371. The molecule has 0 radical (unpaired) electrons. The summed E-state index contributed by atoms with van der Waals surface area (Å²) in [5.74, 6) is 1.35. The minimum absolute atomic E-state index is 0.119. The number of hydrogen-bond donors (Lipinski definition) is 1. The van der Waals surface area contributed by atoms with Gasteiger partial charge in [-0.15, -0.1) is 10.2 Å². The lowest BCUT2D eigenvalue weighted by atomic mass is 9.84. The van der Waals surface area contributed by atoms with Crippen LogP contribution in [0.2, 0.25) is 0 Å². The summed E-state index contributed by atoms with van der Waals surface area (Å²) in [6.45, 7) is 3.74. The highest BCUT2D eigenvalue weighted by Gasteiger charge is 2.28. The molecular weight excluding hydrogens is 206 g/mol. The number of carbonyl (C=O) groups is 1.